The average Bonchev–Trinajstić information content (AvgIpc) is 2.72. The van der Waals surface area contributed by atoms with Crippen LogP contribution in [0.2, 0.25) is 0 Å². The van der Waals surface area contributed by atoms with Crippen LogP contribution < -0.4 is 9.47 Å². The molecule has 1 unspecified atom stereocenters. The molecule has 0 radical (unpaired) electrons. The quantitative estimate of drug-likeness (QED) is 0.485. The lowest BCUT2D eigenvalue weighted by Crippen LogP contribution is -2.39. The number of pyridine rings is 1. The Morgan fingerprint density at radius 2 is 1.81 bits per heavy atom. The summed E-state index contributed by atoms with van der Waals surface area (Å²) in [5.74, 6) is -0.473. The first-order valence-corrected chi connectivity index (χ1v) is 9.29. The van der Waals surface area contributed by atoms with Crippen molar-refractivity contribution < 1.29 is 31.8 Å². The van der Waals surface area contributed by atoms with E-state index in [9.17, 15) is 22.4 Å². The molecule has 0 aliphatic carbocycles. The maximum absolute atomic E-state index is 14.0. The van der Waals surface area contributed by atoms with Crippen molar-refractivity contribution in [2.24, 2.45) is 0 Å². The summed E-state index contributed by atoms with van der Waals surface area (Å²) in [5, 5.41) is 0. The Bertz CT molecular complexity index is 1120. The molecule has 2 heterocycles. The van der Waals surface area contributed by atoms with E-state index in [1.165, 1.54) is 47.5 Å². The molecule has 2 aromatic carbocycles. The van der Waals surface area contributed by atoms with E-state index in [1.807, 2.05) is 0 Å². The van der Waals surface area contributed by atoms with Gasteiger partial charge < -0.3 is 9.47 Å². The maximum Gasteiger partial charge on any atom is 0.573 e. The first kappa shape index (κ1) is 20.6. The summed E-state index contributed by atoms with van der Waals surface area (Å²) >= 11 is 0. The van der Waals surface area contributed by atoms with Crippen molar-refractivity contribution >= 4 is 6.09 Å². The van der Waals surface area contributed by atoms with Crippen molar-refractivity contribution in [3.05, 3.63) is 77.9 Å². The van der Waals surface area contributed by atoms with Crippen molar-refractivity contribution in [1.82, 2.24) is 9.88 Å². The van der Waals surface area contributed by atoms with Gasteiger partial charge in [0.1, 0.15) is 17.3 Å². The van der Waals surface area contributed by atoms with Gasteiger partial charge >= 0.3 is 12.5 Å². The van der Waals surface area contributed by atoms with Gasteiger partial charge in [0.25, 0.3) is 0 Å². The zero-order valence-corrected chi connectivity index (χ0v) is 16.2. The van der Waals surface area contributed by atoms with E-state index < -0.39 is 24.3 Å². The Kier molecular flexibility index (Phi) is 5.26. The summed E-state index contributed by atoms with van der Waals surface area (Å²) < 4.78 is 60.3. The lowest BCUT2D eigenvalue weighted by atomic mass is 9.97. The smallest absolute Gasteiger partial charge is 0.410 e. The fourth-order valence-electron chi connectivity index (χ4n) is 3.37. The van der Waals surface area contributed by atoms with E-state index in [0.29, 0.717) is 22.4 Å². The molecule has 4 rings (SSSR count). The van der Waals surface area contributed by atoms with Gasteiger partial charge in [-0.3, -0.25) is 9.88 Å². The molecule has 5 nitrogen and oxygen atoms in total. The van der Waals surface area contributed by atoms with E-state index >= 15 is 0 Å². The van der Waals surface area contributed by atoms with Crippen LogP contribution in [0.4, 0.5) is 22.4 Å². The van der Waals surface area contributed by atoms with Gasteiger partial charge in [-0.1, -0.05) is 18.2 Å². The number of rotatable bonds is 4. The van der Waals surface area contributed by atoms with E-state index in [0.717, 1.165) is 0 Å². The average molecular weight is 432 g/mol. The van der Waals surface area contributed by atoms with E-state index in [4.69, 9.17) is 4.74 Å². The third kappa shape index (κ3) is 4.45. The zero-order chi connectivity index (χ0) is 22.2. The number of aromatic nitrogens is 1. The molecule has 9 heteroatoms. The van der Waals surface area contributed by atoms with Crippen molar-refractivity contribution in [2.75, 3.05) is 0 Å². The van der Waals surface area contributed by atoms with Crippen molar-refractivity contribution in [3.63, 3.8) is 0 Å². The zero-order valence-electron chi connectivity index (χ0n) is 16.2. The lowest BCUT2D eigenvalue weighted by molar-refractivity contribution is -0.274. The molecule has 3 aromatic rings. The number of hydrogen-bond donors (Lipinski definition) is 0. The molecule has 1 aromatic heterocycles. The fourth-order valence-corrected chi connectivity index (χ4v) is 3.37. The van der Waals surface area contributed by atoms with Gasteiger partial charge in [-0.2, -0.15) is 0 Å². The Morgan fingerprint density at radius 3 is 2.48 bits per heavy atom. The number of fused-ring (bicyclic) bond motifs is 1. The summed E-state index contributed by atoms with van der Waals surface area (Å²) in [6.45, 7) is 1.71. The van der Waals surface area contributed by atoms with E-state index in [2.05, 4.69) is 9.72 Å². The minimum absolute atomic E-state index is 0.0696. The molecule has 0 fully saturated rings. The molecule has 1 atom stereocenters. The fraction of sp³-hybridized carbons (Fsp3) is 0.182. The Balaban J connectivity index is 1.60. The largest absolute Gasteiger partial charge is 0.573 e. The van der Waals surface area contributed by atoms with Crippen molar-refractivity contribution in [3.8, 4) is 22.6 Å². The van der Waals surface area contributed by atoms with Crippen LogP contribution in [-0.4, -0.2) is 22.3 Å². The SMILES string of the molecule is CC1c2cc(-c3ccc(OC(F)(F)F)cc3)ccc2OC(=O)N1Cc1ncccc1F. The number of ether oxygens (including phenoxy) is 2. The third-order valence-electron chi connectivity index (χ3n) is 4.94. The standard InChI is InChI=1S/C22H16F4N2O3/c1-13-17-11-15(14-4-7-16(8-5-14)31-22(24,25)26)6-9-20(17)30-21(29)28(13)12-19-18(23)3-2-10-27-19/h2-11,13H,12H2,1H3. The molecular formula is C22H16F4N2O3. The molecule has 0 bridgehead atoms. The predicted octanol–water partition coefficient (Wildman–Crippen LogP) is 5.86. The van der Waals surface area contributed by atoms with Crippen LogP contribution in [-0.2, 0) is 6.54 Å². The molecule has 0 spiro atoms. The highest BCUT2D eigenvalue weighted by Crippen LogP contribution is 2.38. The summed E-state index contributed by atoms with van der Waals surface area (Å²) in [4.78, 5) is 17.8. The van der Waals surface area contributed by atoms with Crippen LogP contribution in [0.1, 0.15) is 24.2 Å². The second-order valence-corrected chi connectivity index (χ2v) is 6.93. The number of carbonyl (C=O) groups excluding carboxylic acids is 1. The molecule has 31 heavy (non-hydrogen) atoms. The number of nitrogens with zero attached hydrogens (tertiary/aromatic N) is 2. The molecule has 1 aliphatic heterocycles. The predicted molar refractivity (Wildman–Crippen MR) is 103 cm³/mol. The van der Waals surface area contributed by atoms with Gasteiger partial charge in [-0.25, -0.2) is 9.18 Å². The van der Waals surface area contributed by atoms with Gasteiger partial charge in [-0.15, -0.1) is 13.2 Å². The first-order valence-electron chi connectivity index (χ1n) is 9.29. The highest BCUT2D eigenvalue weighted by Gasteiger charge is 2.33. The molecule has 160 valence electrons. The van der Waals surface area contributed by atoms with Gasteiger partial charge in [0, 0.05) is 11.8 Å². The van der Waals surface area contributed by atoms with Crippen molar-refractivity contribution in [2.45, 2.75) is 25.9 Å². The number of alkyl halides is 3. The Morgan fingerprint density at radius 1 is 1.10 bits per heavy atom. The normalized spacial score (nSPS) is 16.0. The summed E-state index contributed by atoms with van der Waals surface area (Å²) in [7, 11) is 0. The van der Waals surface area contributed by atoms with Gasteiger partial charge in [-0.05, 0) is 54.4 Å². The van der Waals surface area contributed by atoms with Crippen LogP contribution in [0.5, 0.6) is 11.5 Å². The Labute approximate surface area is 174 Å². The molecule has 0 saturated heterocycles. The lowest BCUT2D eigenvalue weighted by Gasteiger charge is -2.34. The number of benzene rings is 2. The summed E-state index contributed by atoms with van der Waals surface area (Å²) in [6.07, 6.45) is -3.94. The number of carbonyl (C=O) groups is 1. The van der Waals surface area contributed by atoms with Crippen molar-refractivity contribution in [1.29, 1.82) is 0 Å². The topological polar surface area (TPSA) is 51.7 Å². The van der Waals surface area contributed by atoms with Crippen LogP contribution >= 0.6 is 0 Å². The molecule has 1 amide bonds. The van der Waals surface area contributed by atoms with Crippen LogP contribution in [0.25, 0.3) is 11.1 Å². The third-order valence-corrected chi connectivity index (χ3v) is 4.94. The van der Waals surface area contributed by atoms with E-state index in [-0.39, 0.29) is 18.0 Å². The maximum atomic E-state index is 14.0. The summed E-state index contributed by atoms with van der Waals surface area (Å²) in [6, 6.07) is 12.9. The monoisotopic (exact) mass is 432 g/mol. The minimum Gasteiger partial charge on any atom is -0.410 e. The highest BCUT2D eigenvalue weighted by atomic mass is 19.4. The van der Waals surface area contributed by atoms with Crippen LogP contribution in [0.3, 0.4) is 0 Å². The number of halogens is 4. The molecule has 0 N–H and O–H groups in total. The Hall–Kier alpha value is -3.62. The van der Waals surface area contributed by atoms with Gasteiger partial charge in [0.15, 0.2) is 0 Å². The molecular weight excluding hydrogens is 416 g/mol. The highest BCUT2D eigenvalue weighted by molar-refractivity contribution is 5.76. The van der Waals surface area contributed by atoms with E-state index in [1.54, 1.807) is 25.1 Å². The molecule has 1 aliphatic rings. The van der Waals surface area contributed by atoms with Gasteiger partial charge in [0.05, 0.1) is 18.3 Å². The molecule has 0 saturated carbocycles. The van der Waals surface area contributed by atoms with Crippen LogP contribution in [0.15, 0.2) is 60.8 Å². The van der Waals surface area contributed by atoms with Crippen LogP contribution in [0, 0.1) is 5.82 Å². The summed E-state index contributed by atoms with van der Waals surface area (Å²) in [5.41, 5.74) is 2.17. The second kappa shape index (κ2) is 7.90. The number of hydrogen-bond acceptors (Lipinski definition) is 4. The second-order valence-electron chi connectivity index (χ2n) is 6.93. The number of amides is 1. The first-order chi connectivity index (χ1) is 14.7. The van der Waals surface area contributed by atoms with Gasteiger partial charge in [0.2, 0.25) is 0 Å². The minimum atomic E-state index is -4.76.